The third-order valence-corrected chi connectivity index (χ3v) is 3.89. The number of ether oxygens (including phenoxy) is 1. The number of unbranched alkanes of at least 4 members (excludes halogenated alkanes) is 1. The van der Waals surface area contributed by atoms with Crippen LogP contribution in [0.1, 0.15) is 45.6 Å². The van der Waals surface area contributed by atoms with E-state index < -0.39 is 0 Å². The Kier molecular flexibility index (Phi) is 6.41. The Balaban J connectivity index is 2.43. The van der Waals surface area contributed by atoms with Gasteiger partial charge in [0.15, 0.2) is 0 Å². The van der Waals surface area contributed by atoms with Gasteiger partial charge in [0.25, 0.3) is 0 Å². The number of benzene rings is 1. The predicted molar refractivity (Wildman–Crippen MR) is 103 cm³/mol. The molecule has 5 heteroatoms. The molecule has 0 spiro atoms. The highest BCUT2D eigenvalue weighted by molar-refractivity contribution is 6.08. The number of aliphatic imine (C=N–C) groups is 1. The molecule has 0 aliphatic rings. The van der Waals surface area contributed by atoms with Gasteiger partial charge in [-0.1, -0.05) is 33.3 Å². The van der Waals surface area contributed by atoms with E-state index in [-0.39, 0.29) is 0 Å². The SMILES string of the molecule is CCCCN=Cc1c(N)c(N)nc2cccc(OCCC(C)C)c12. The number of rotatable bonds is 8. The molecule has 0 radical (unpaired) electrons. The van der Waals surface area contributed by atoms with Gasteiger partial charge in [-0.2, -0.15) is 0 Å². The first-order valence-electron chi connectivity index (χ1n) is 8.64. The smallest absolute Gasteiger partial charge is 0.148 e. The lowest BCUT2D eigenvalue weighted by molar-refractivity contribution is 0.292. The van der Waals surface area contributed by atoms with Crippen LogP contribution < -0.4 is 16.2 Å². The van der Waals surface area contributed by atoms with E-state index in [0.29, 0.717) is 24.0 Å². The van der Waals surface area contributed by atoms with Gasteiger partial charge >= 0.3 is 0 Å². The molecule has 24 heavy (non-hydrogen) atoms. The molecule has 0 saturated heterocycles. The van der Waals surface area contributed by atoms with Crippen molar-refractivity contribution < 1.29 is 4.74 Å². The fraction of sp³-hybridized carbons (Fsp3) is 0.474. The fourth-order valence-electron chi connectivity index (χ4n) is 2.41. The van der Waals surface area contributed by atoms with Crippen molar-refractivity contribution in [2.45, 2.75) is 40.0 Å². The first-order valence-corrected chi connectivity index (χ1v) is 8.64. The molecule has 1 aromatic carbocycles. The molecule has 0 aliphatic heterocycles. The maximum Gasteiger partial charge on any atom is 0.148 e. The summed E-state index contributed by atoms with van der Waals surface area (Å²) in [7, 11) is 0. The molecule has 2 aromatic rings. The lowest BCUT2D eigenvalue weighted by Gasteiger charge is -2.14. The van der Waals surface area contributed by atoms with Gasteiger partial charge in [-0.3, -0.25) is 4.99 Å². The van der Waals surface area contributed by atoms with Crippen molar-refractivity contribution in [2.24, 2.45) is 10.9 Å². The Bertz CT molecular complexity index is 710. The van der Waals surface area contributed by atoms with Crippen LogP contribution in [0.3, 0.4) is 0 Å². The lowest BCUT2D eigenvalue weighted by Crippen LogP contribution is -2.06. The third kappa shape index (κ3) is 4.37. The van der Waals surface area contributed by atoms with Crippen LogP contribution in [0, 0.1) is 5.92 Å². The molecule has 0 saturated carbocycles. The standard InChI is InChI=1S/C19H28N4O/c1-4-5-10-22-12-14-17-15(23-19(21)18(14)20)7-6-8-16(17)24-11-9-13(2)3/h6-8,12-13H,4-5,9-11,20H2,1-3H3,(H2,21,23). The van der Waals surface area contributed by atoms with E-state index in [4.69, 9.17) is 16.2 Å². The second-order valence-corrected chi connectivity index (χ2v) is 6.39. The molecule has 0 fully saturated rings. The van der Waals surface area contributed by atoms with E-state index in [0.717, 1.165) is 48.0 Å². The highest BCUT2D eigenvalue weighted by Crippen LogP contribution is 2.33. The quantitative estimate of drug-likeness (QED) is 0.565. The zero-order valence-electron chi connectivity index (χ0n) is 14.9. The average Bonchev–Trinajstić information content (AvgIpc) is 2.54. The molecule has 0 aliphatic carbocycles. The topological polar surface area (TPSA) is 86.5 Å². The lowest BCUT2D eigenvalue weighted by atomic mass is 10.1. The van der Waals surface area contributed by atoms with Gasteiger partial charge in [0.2, 0.25) is 0 Å². The number of aromatic nitrogens is 1. The van der Waals surface area contributed by atoms with Crippen LogP contribution in [-0.4, -0.2) is 24.4 Å². The molecule has 130 valence electrons. The van der Waals surface area contributed by atoms with Crippen molar-refractivity contribution in [1.29, 1.82) is 0 Å². The van der Waals surface area contributed by atoms with Crippen molar-refractivity contribution in [3.63, 3.8) is 0 Å². The van der Waals surface area contributed by atoms with Gasteiger partial charge in [-0.05, 0) is 30.9 Å². The molecule has 1 aromatic heterocycles. The number of pyridine rings is 1. The number of nitrogens with two attached hydrogens (primary N) is 2. The average molecular weight is 328 g/mol. The van der Waals surface area contributed by atoms with Crippen molar-refractivity contribution in [3.05, 3.63) is 23.8 Å². The summed E-state index contributed by atoms with van der Waals surface area (Å²) in [5.41, 5.74) is 14.2. The van der Waals surface area contributed by atoms with Gasteiger partial charge < -0.3 is 16.2 Å². The van der Waals surface area contributed by atoms with Crippen LogP contribution in [0.25, 0.3) is 10.9 Å². The number of hydrogen-bond acceptors (Lipinski definition) is 5. The number of hydrogen-bond donors (Lipinski definition) is 2. The molecule has 4 N–H and O–H groups in total. The Hall–Kier alpha value is -2.30. The summed E-state index contributed by atoms with van der Waals surface area (Å²) in [4.78, 5) is 8.88. The van der Waals surface area contributed by atoms with Gasteiger partial charge in [0, 0.05) is 18.3 Å². The number of nitrogen functional groups attached to an aromatic ring is 2. The molecule has 5 nitrogen and oxygen atoms in total. The second kappa shape index (κ2) is 8.52. The Morgan fingerprint density at radius 2 is 2.08 bits per heavy atom. The van der Waals surface area contributed by atoms with Crippen LogP contribution in [0.4, 0.5) is 11.5 Å². The maximum absolute atomic E-state index is 6.17. The fourth-order valence-corrected chi connectivity index (χ4v) is 2.41. The van der Waals surface area contributed by atoms with E-state index in [1.165, 1.54) is 0 Å². The summed E-state index contributed by atoms with van der Waals surface area (Å²) in [5, 5.41) is 0.883. The molecule has 0 amide bonds. The van der Waals surface area contributed by atoms with Gasteiger partial charge in [0.05, 0.1) is 23.2 Å². The summed E-state index contributed by atoms with van der Waals surface area (Å²) in [6.45, 7) is 7.94. The minimum absolute atomic E-state index is 0.332. The normalized spacial score (nSPS) is 11.7. The number of anilines is 2. The Labute approximate surface area is 144 Å². The highest BCUT2D eigenvalue weighted by atomic mass is 16.5. The van der Waals surface area contributed by atoms with Crippen LogP contribution in [0.5, 0.6) is 5.75 Å². The molecule has 0 bridgehead atoms. The van der Waals surface area contributed by atoms with E-state index in [9.17, 15) is 0 Å². The van der Waals surface area contributed by atoms with Crippen LogP contribution in [0.15, 0.2) is 23.2 Å². The van der Waals surface area contributed by atoms with Crippen LogP contribution in [-0.2, 0) is 0 Å². The molecular weight excluding hydrogens is 300 g/mol. The minimum Gasteiger partial charge on any atom is -0.493 e. The third-order valence-electron chi connectivity index (χ3n) is 3.89. The summed E-state index contributed by atoms with van der Waals surface area (Å²) < 4.78 is 6.00. The molecule has 0 unspecified atom stereocenters. The molecule has 2 rings (SSSR count). The van der Waals surface area contributed by atoms with E-state index in [2.05, 4.69) is 30.7 Å². The van der Waals surface area contributed by atoms with Crippen molar-refractivity contribution >= 4 is 28.6 Å². The first-order chi connectivity index (χ1) is 11.5. The van der Waals surface area contributed by atoms with Crippen molar-refractivity contribution in [2.75, 3.05) is 24.6 Å². The van der Waals surface area contributed by atoms with Gasteiger partial charge in [0.1, 0.15) is 11.6 Å². The molecule has 1 heterocycles. The maximum atomic E-state index is 6.17. The van der Waals surface area contributed by atoms with Crippen LogP contribution in [0.2, 0.25) is 0 Å². The van der Waals surface area contributed by atoms with Crippen LogP contribution >= 0.6 is 0 Å². The minimum atomic E-state index is 0.332. The first kappa shape index (κ1) is 18.0. The zero-order chi connectivity index (χ0) is 17.5. The van der Waals surface area contributed by atoms with Crippen molar-refractivity contribution in [1.82, 2.24) is 4.98 Å². The van der Waals surface area contributed by atoms with E-state index in [1.54, 1.807) is 6.21 Å². The molecular formula is C19H28N4O. The second-order valence-electron chi connectivity index (χ2n) is 6.39. The Morgan fingerprint density at radius 1 is 1.29 bits per heavy atom. The zero-order valence-corrected chi connectivity index (χ0v) is 14.9. The highest BCUT2D eigenvalue weighted by Gasteiger charge is 2.14. The van der Waals surface area contributed by atoms with E-state index in [1.807, 2.05) is 18.2 Å². The summed E-state index contributed by atoms with van der Waals surface area (Å²) in [6, 6.07) is 5.79. The largest absolute Gasteiger partial charge is 0.493 e. The summed E-state index contributed by atoms with van der Waals surface area (Å²) in [5.74, 6) is 1.71. The monoisotopic (exact) mass is 328 g/mol. The summed E-state index contributed by atoms with van der Waals surface area (Å²) >= 11 is 0. The predicted octanol–water partition coefficient (Wildman–Crippen LogP) is 4.04. The van der Waals surface area contributed by atoms with Crippen molar-refractivity contribution in [3.8, 4) is 5.75 Å². The van der Waals surface area contributed by atoms with E-state index >= 15 is 0 Å². The van der Waals surface area contributed by atoms with Gasteiger partial charge in [-0.15, -0.1) is 0 Å². The number of nitrogens with zero attached hydrogens (tertiary/aromatic N) is 2. The number of fused-ring (bicyclic) bond motifs is 1. The molecule has 0 atom stereocenters. The summed E-state index contributed by atoms with van der Waals surface area (Å²) in [6.07, 6.45) is 4.96. The Morgan fingerprint density at radius 3 is 2.79 bits per heavy atom. The van der Waals surface area contributed by atoms with Gasteiger partial charge in [-0.25, -0.2) is 4.98 Å².